The molecule has 108 valence electrons. The number of anilines is 3. The summed E-state index contributed by atoms with van der Waals surface area (Å²) < 4.78 is 37.8. The van der Waals surface area contributed by atoms with Crippen molar-refractivity contribution < 1.29 is 13.2 Å². The molecule has 1 aromatic carbocycles. The molecule has 0 aliphatic heterocycles. The van der Waals surface area contributed by atoms with Crippen LogP contribution in [0.2, 0.25) is 0 Å². The summed E-state index contributed by atoms with van der Waals surface area (Å²) in [5.74, 6) is 0.356. The number of halogens is 3. The van der Waals surface area contributed by atoms with E-state index in [9.17, 15) is 13.2 Å². The van der Waals surface area contributed by atoms with Gasteiger partial charge in [0.05, 0.1) is 16.8 Å². The maximum atomic E-state index is 12.6. The van der Waals surface area contributed by atoms with E-state index in [0.29, 0.717) is 11.5 Å². The summed E-state index contributed by atoms with van der Waals surface area (Å²) in [5.41, 5.74) is 6.26. The second kappa shape index (κ2) is 5.32. The van der Waals surface area contributed by atoms with E-state index >= 15 is 0 Å². The number of nitrogens with zero attached hydrogens (tertiary/aromatic N) is 2. The predicted molar refractivity (Wildman–Crippen MR) is 72.8 cm³/mol. The number of hydrogen-bond acceptors (Lipinski definition) is 4. The van der Waals surface area contributed by atoms with E-state index in [4.69, 9.17) is 11.0 Å². The van der Waals surface area contributed by atoms with Gasteiger partial charge in [-0.25, -0.2) is 4.98 Å². The molecule has 0 atom stereocenters. The summed E-state index contributed by atoms with van der Waals surface area (Å²) in [7, 11) is 0. The molecule has 0 fully saturated rings. The molecule has 0 saturated heterocycles. The zero-order valence-electron chi connectivity index (χ0n) is 11.0. The van der Waals surface area contributed by atoms with Crippen molar-refractivity contribution in [3.8, 4) is 6.07 Å². The van der Waals surface area contributed by atoms with Gasteiger partial charge in [0.25, 0.3) is 0 Å². The van der Waals surface area contributed by atoms with E-state index in [1.807, 2.05) is 0 Å². The van der Waals surface area contributed by atoms with E-state index in [0.717, 1.165) is 17.7 Å². The standard InChI is InChI=1S/C14H11F3N4/c1-8-7-20-13(5-11(8)19)21-12-3-2-10(14(15,16)17)4-9(12)6-18/h2-5,7H,1H3,(H3,19,20,21). The van der Waals surface area contributed by atoms with Crippen LogP contribution in [0.4, 0.5) is 30.4 Å². The summed E-state index contributed by atoms with van der Waals surface area (Å²) in [5, 5.41) is 11.8. The molecule has 0 aliphatic rings. The fraction of sp³-hybridized carbons (Fsp3) is 0.143. The van der Waals surface area contributed by atoms with Gasteiger partial charge in [-0.05, 0) is 30.7 Å². The molecular weight excluding hydrogens is 281 g/mol. The first kappa shape index (κ1) is 14.7. The van der Waals surface area contributed by atoms with Gasteiger partial charge in [0.1, 0.15) is 11.9 Å². The number of nitriles is 1. The first-order valence-corrected chi connectivity index (χ1v) is 5.92. The molecule has 21 heavy (non-hydrogen) atoms. The van der Waals surface area contributed by atoms with Gasteiger partial charge in [-0.3, -0.25) is 0 Å². The fourth-order valence-corrected chi connectivity index (χ4v) is 1.67. The Bertz CT molecular complexity index is 717. The third-order valence-corrected chi connectivity index (χ3v) is 2.87. The Hall–Kier alpha value is -2.75. The lowest BCUT2D eigenvalue weighted by Crippen LogP contribution is -2.06. The van der Waals surface area contributed by atoms with Gasteiger partial charge in [0.15, 0.2) is 0 Å². The van der Waals surface area contributed by atoms with Crippen molar-refractivity contribution in [2.45, 2.75) is 13.1 Å². The quantitative estimate of drug-likeness (QED) is 0.886. The van der Waals surface area contributed by atoms with Crippen LogP contribution in [0.15, 0.2) is 30.5 Å². The first-order valence-electron chi connectivity index (χ1n) is 5.92. The number of aromatic nitrogens is 1. The molecule has 0 unspecified atom stereocenters. The Balaban J connectivity index is 2.36. The maximum absolute atomic E-state index is 12.6. The van der Waals surface area contributed by atoms with Crippen molar-refractivity contribution >= 4 is 17.2 Å². The minimum Gasteiger partial charge on any atom is -0.398 e. The largest absolute Gasteiger partial charge is 0.416 e. The van der Waals surface area contributed by atoms with E-state index in [1.54, 1.807) is 19.1 Å². The highest BCUT2D eigenvalue weighted by molar-refractivity contribution is 5.67. The molecule has 0 aliphatic carbocycles. The maximum Gasteiger partial charge on any atom is 0.416 e. The minimum absolute atomic E-state index is 0.120. The number of hydrogen-bond donors (Lipinski definition) is 2. The molecule has 1 aromatic heterocycles. The summed E-state index contributed by atoms with van der Waals surface area (Å²) >= 11 is 0. The number of aryl methyl sites for hydroxylation is 1. The Morgan fingerprint density at radius 3 is 2.57 bits per heavy atom. The summed E-state index contributed by atoms with van der Waals surface area (Å²) in [4.78, 5) is 4.06. The zero-order chi connectivity index (χ0) is 15.6. The van der Waals surface area contributed by atoms with Crippen LogP contribution in [-0.2, 0) is 6.18 Å². The number of alkyl halides is 3. The second-order valence-corrected chi connectivity index (χ2v) is 4.42. The first-order chi connectivity index (χ1) is 9.81. The fourth-order valence-electron chi connectivity index (χ4n) is 1.67. The van der Waals surface area contributed by atoms with Crippen LogP contribution >= 0.6 is 0 Å². The van der Waals surface area contributed by atoms with E-state index < -0.39 is 11.7 Å². The Morgan fingerprint density at radius 2 is 2.00 bits per heavy atom. The summed E-state index contributed by atoms with van der Waals surface area (Å²) in [6.07, 6.45) is -2.95. The second-order valence-electron chi connectivity index (χ2n) is 4.42. The van der Waals surface area contributed by atoms with E-state index in [1.165, 1.54) is 12.3 Å². The molecule has 2 rings (SSSR count). The molecule has 0 amide bonds. The SMILES string of the molecule is Cc1cnc(Nc2ccc(C(F)(F)F)cc2C#N)cc1N. The van der Waals surface area contributed by atoms with Crippen molar-refractivity contribution in [3.63, 3.8) is 0 Å². The third-order valence-electron chi connectivity index (χ3n) is 2.87. The summed E-state index contributed by atoms with van der Waals surface area (Å²) in [6.45, 7) is 1.78. The predicted octanol–water partition coefficient (Wildman–Crippen LogP) is 3.61. The average Bonchev–Trinajstić information content (AvgIpc) is 2.42. The highest BCUT2D eigenvalue weighted by atomic mass is 19.4. The van der Waals surface area contributed by atoms with E-state index in [2.05, 4.69) is 10.3 Å². The van der Waals surface area contributed by atoms with Crippen molar-refractivity contribution in [1.82, 2.24) is 4.98 Å². The highest BCUT2D eigenvalue weighted by Gasteiger charge is 2.31. The van der Waals surface area contributed by atoms with Crippen molar-refractivity contribution in [2.24, 2.45) is 0 Å². The number of nitrogens with two attached hydrogens (primary N) is 1. The van der Waals surface area contributed by atoms with Crippen LogP contribution in [0.25, 0.3) is 0 Å². The molecule has 1 heterocycles. The average molecular weight is 292 g/mol. The van der Waals surface area contributed by atoms with Crippen LogP contribution in [0.3, 0.4) is 0 Å². The number of nitrogens with one attached hydrogen (secondary N) is 1. The van der Waals surface area contributed by atoms with Crippen molar-refractivity contribution in [1.29, 1.82) is 5.26 Å². The third kappa shape index (κ3) is 3.23. The Labute approximate surface area is 119 Å². The lowest BCUT2D eigenvalue weighted by Gasteiger charge is -2.12. The monoisotopic (exact) mass is 292 g/mol. The number of benzene rings is 1. The smallest absolute Gasteiger partial charge is 0.398 e. The normalized spacial score (nSPS) is 11.0. The van der Waals surface area contributed by atoms with Crippen LogP contribution < -0.4 is 11.1 Å². The molecule has 4 nitrogen and oxygen atoms in total. The van der Waals surface area contributed by atoms with Crippen LogP contribution in [0.1, 0.15) is 16.7 Å². The van der Waals surface area contributed by atoms with Crippen LogP contribution in [0.5, 0.6) is 0 Å². The van der Waals surface area contributed by atoms with Gasteiger partial charge in [-0.2, -0.15) is 18.4 Å². The Morgan fingerprint density at radius 1 is 1.29 bits per heavy atom. The summed E-state index contributed by atoms with van der Waals surface area (Å²) in [6, 6.07) is 6.17. The van der Waals surface area contributed by atoms with Gasteiger partial charge in [0.2, 0.25) is 0 Å². The van der Waals surface area contributed by atoms with Crippen LogP contribution in [-0.4, -0.2) is 4.98 Å². The topological polar surface area (TPSA) is 74.7 Å². The minimum atomic E-state index is -4.49. The van der Waals surface area contributed by atoms with Crippen molar-refractivity contribution in [3.05, 3.63) is 47.2 Å². The van der Waals surface area contributed by atoms with Gasteiger partial charge >= 0.3 is 6.18 Å². The van der Waals surface area contributed by atoms with E-state index in [-0.39, 0.29) is 11.3 Å². The molecule has 7 heteroatoms. The number of pyridine rings is 1. The van der Waals surface area contributed by atoms with Crippen LogP contribution in [0, 0.1) is 18.3 Å². The molecular formula is C14H11F3N4. The number of rotatable bonds is 2. The molecule has 2 aromatic rings. The zero-order valence-corrected chi connectivity index (χ0v) is 11.0. The number of nitrogen functional groups attached to an aromatic ring is 1. The van der Waals surface area contributed by atoms with Gasteiger partial charge in [-0.15, -0.1) is 0 Å². The lowest BCUT2D eigenvalue weighted by molar-refractivity contribution is -0.137. The van der Waals surface area contributed by atoms with Gasteiger partial charge < -0.3 is 11.1 Å². The van der Waals surface area contributed by atoms with Gasteiger partial charge in [0, 0.05) is 18.0 Å². The molecule has 0 spiro atoms. The van der Waals surface area contributed by atoms with Crippen molar-refractivity contribution in [2.75, 3.05) is 11.1 Å². The molecule has 0 bridgehead atoms. The highest BCUT2D eigenvalue weighted by Crippen LogP contribution is 2.32. The molecule has 3 N–H and O–H groups in total. The van der Waals surface area contributed by atoms with Gasteiger partial charge in [-0.1, -0.05) is 0 Å². The molecule has 0 saturated carbocycles. The lowest BCUT2D eigenvalue weighted by atomic mass is 10.1. The Kier molecular flexibility index (Phi) is 3.72. The molecule has 0 radical (unpaired) electrons.